The molecule has 3 rings (SSSR count). The molecule has 33 heavy (non-hydrogen) atoms. The van der Waals surface area contributed by atoms with Gasteiger partial charge in [-0.25, -0.2) is 8.42 Å². The number of methoxy groups -OCH3 is 3. The highest BCUT2D eigenvalue weighted by atomic mass is 32.2. The Labute approximate surface area is 193 Å². The van der Waals surface area contributed by atoms with E-state index in [2.05, 4.69) is 10.0 Å². The number of hydrogen-bond donors (Lipinski definition) is 2. The zero-order valence-corrected chi connectivity index (χ0v) is 19.9. The second-order valence-electron chi connectivity index (χ2n) is 7.32. The third kappa shape index (κ3) is 5.38. The maximum atomic E-state index is 12.8. The lowest BCUT2D eigenvalue weighted by molar-refractivity contribution is 0.102. The van der Waals surface area contributed by atoms with E-state index in [1.54, 1.807) is 6.07 Å². The van der Waals surface area contributed by atoms with E-state index in [-0.39, 0.29) is 10.5 Å². The number of nitrogens with one attached hydrogen (secondary N) is 2. The van der Waals surface area contributed by atoms with E-state index in [9.17, 15) is 13.2 Å². The zero-order valence-electron chi connectivity index (χ0n) is 19.1. The van der Waals surface area contributed by atoms with E-state index in [4.69, 9.17) is 14.2 Å². The monoisotopic (exact) mass is 470 g/mol. The maximum absolute atomic E-state index is 12.8. The molecule has 1 amide bonds. The summed E-state index contributed by atoms with van der Waals surface area (Å²) in [5.74, 6) is 0.655. The standard InChI is InChI=1S/C24H26N2O6S/c1-15-6-7-16(2)20(12-15)26-33(28,29)19-10-8-18(9-11-19)25-24(27)17-13-21(30-3)23(32-5)22(14-17)31-4/h6-14,26H,1-5H3,(H,25,27). The molecule has 0 saturated heterocycles. The lowest BCUT2D eigenvalue weighted by Gasteiger charge is -2.14. The topological polar surface area (TPSA) is 103 Å². The fourth-order valence-corrected chi connectivity index (χ4v) is 4.30. The van der Waals surface area contributed by atoms with Gasteiger partial charge >= 0.3 is 0 Å². The van der Waals surface area contributed by atoms with E-state index >= 15 is 0 Å². The first-order valence-electron chi connectivity index (χ1n) is 10.00. The summed E-state index contributed by atoms with van der Waals surface area (Å²) < 4.78 is 44.0. The summed E-state index contributed by atoms with van der Waals surface area (Å²) in [4.78, 5) is 12.8. The molecule has 0 aromatic heterocycles. The van der Waals surface area contributed by atoms with Crippen molar-refractivity contribution in [3.05, 3.63) is 71.3 Å². The summed E-state index contributed by atoms with van der Waals surface area (Å²) in [5, 5.41) is 2.74. The molecule has 0 heterocycles. The van der Waals surface area contributed by atoms with Crippen LogP contribution in [0, 0.1) is 13.8 Å². The summed E-state index contributed by atoms with van der Waals surface area (Å²) in [6.45, 7) is 3.72. The molecule has 8 nitrogen and oxygen atoms in total. The Bertz CT molecular complexity index is 1250. The summed E-state index contributed by atoms with van der Waals surface area (Å²) in [5.41, 5.74) is 3.01. The molecule has 174 valence electrons. The molecule has 3 aromatic rings. The second kappa shape index (κ2) is 9.83. The van der Waals surface area contributed by atoms with Crippen LogP contribution < -0.4 is 24.2 Å². The molecule has 0 aliphatic heterocycles. The quantitative estimate of drug-likeness (QED) is 0.506. The summed E-state index contributed by atoms with van der Waals surface area (Å²) in [6, 6.07) is 14.5. The normalized spacial score (nSPS) is 10.9. The van der Waals surface area contributed by atoms with E-state index in [0.29, 0.717) is 28.6 Å². The van der Waals surface area contributed by atoms with Gasteiger partial charge < -0.3 is 19.5 Å². The highest BCUT2D eigenvalue weighted by Crippen LogP contribution is 2.38. The fraction of sp³-hybridized carbons (Fsp3) is 0.208. The Morgan fingerprint density at radius 3 is 1.97 bits per heavy atom. The van der Waals surface area contributed by atoms with Crippen molar-refractivity contribution in [3.8, 4) is 17.2 Å². The van der Waals surface area contributed by atoms with Crippen LogP contribution in [0.3, 0.4) is 0 Å². The first kappa shape index (κ1) is 23.9. The van der Waals surface area contributed by atoms with Gasteiger partial charge in [0.1, 0.15) is 0 Å². The van der Waals surface area contributed by atoms with Gasteiger partial charge in [-0.1, -0.05) is 12.1 Å². The Morgan fingerprint density at radius 1 is 0.818 bits per heavy atom. The number of aryl methyl sites for hydroxylation is 2. The number of hydrogen-bond acceptors (Lipinski definition) is 6. The number of rotatable bonds is 8. The molecule has 9 heteroatoms. The number of sulfonamides is 1. The molecule has 3 aromatic carbocycles. The molecule has 2 N–H and O–H groups in total. The summed E-state index contributed by atoms with van der Waals surface area (Å²) >= 11 is 0. The van der Waals surface area contributed by atoms with Gasteiger partial charge in [-0.05, 0) is 67.4 Å². The van der Waals surface area contributed by atoms with E-state index in [1.165, 1.54) is 57.7 Å². The minimum absolute atomic E-state index is 0.0780. The molecule has 0 spiro atoms. The third-order valence-corrected chi connectivity index (χ3v) is 6.37. The molecule has 0 unspecified atom stereocenters. The Morgan fingerprint density at radius 2 is 1.42 bits per heavy atom. The van der Waals surface area contributed by atoms with Crippen molar-refractivity contribution < 1.29 is 27.4 Å². The number of anilines is 2. The van der Waals surface area contributed by atoms with Crippen molar-refractivity contribution in [3.63, 3.8) is 0 Å². The Kier molecular flexibility index (Phi) is 7.13. The summed E-state index contributed by atoms with van der Waals surface area (Å²) in [6.07, 6.45) is 0. The minimum Gasteiger partial charge on any atom is -0.493 e. The highest BCUT2D eigenvalue weighted by molar-refractivity contribution is 7.92. The van der Waals surface area contributed by atoms with Crippen LogP contribution in [0.15, 0.2) is 59.5 Å². The number of benzene rings is 3. The minimum atomic E-state index is -3.79. The molecule has 0 radical (unpaired) electrons. The van der Waals surface area contributed by atoms with Crippen LogP contribution in [0.1, 0.15) is 21.5 Å². The lowest BCUT2D eigenvalue weighted by atomic mass is 10.1. The predicted octanol–water partition coefficient (Wildman–Crippen LogP) is 4.38. The molecular formula is C24H26N2O6S. The highest BCUT2D eigenvalue weighted by Gasteiger charge is 2.18. The largest absolute Gasteiger partial charge is 0.493 e. The first-order valence-corrected chi connectivity index (χ1v) is 11.5. The molecule has 0 saturated carbocycles. The van der Waals surface area contributed by atoms with Crippen molar-refractivity contribution in [2.45, 2.75) is 18.7 Å². The predicted molar refractivity (Wildman–Crippen MR) is 127 cm³/mol. The van der Waals surface area contributed by atoms with Crippen LogP contribution in [0.5, 0.6) is 17.2 Å². The SMILES string of the molecule is COc1cc(C(=O)Nc2ccc(S(=O)(=O)Nc3cc(C)ccc3C)cc2)cc(OC)c1OC. The van der Waals surface area contributed by atoms with E-state index in [1.807, 2.05) is 26.0 Å². The zero-order chi connectivity index (χ0) is 24.2. The van der Waals surface area contributed by atoms with Crippen molar-refractivity contribution in [1.29, 1.82) is 0 Å². The molecule has 0 aliphatic carbocycles. The molecule has 0 aliphatic rings. The average Bonchev–Trinajstić information content (AvgIpc) is 2.80. The van der Waals surface area contributed by atoms with Gasteiger partial charge in [0.2, 0.25) is 5.75 Å². The fourth-order valence-electron chi connectivity index (χ4n) is 3.18. The number of amides is 1. The van der Waals surface area contributed by atoms with E-state index in [0.717, 1.165) is 11.1 Å². The van der Waals surface area contributed by atoms with Crippen LogP contribution in [0.25, 0.3) is 0 Å². The van der Waals surface area contributed by atoms with E-state index < -0.39 is 15.9 Å². The average molecular weight is 471 g/mol. The van der Waals surface area contributed by atoms with Crippen molar-refractivity contribution in [2.75, 3.05) is 31.4 Å². The number of carbonyl (C=O) groups excluding carboxylic acids is 1. The first-order chi connectivity index (χ1) is 15.7. The van der Waals surface area contributed by atoms with Crippen molar-refractivity contribution in [2.24, 2.45) is 0 Å². The van der Waals surface area contributed by atoms with Gasteiger partial charge in [0, 0.05) is 11.3 Å². The smallest absolute Gasteiger partial charge is 0.261 e. The Balaban J connectivity index is 1.79. The van der Waals surface area contributed by atoms with Crippen LogP contribution in [-0.2, 0) is 10.0 Å². The van der Waals surface area contributed by atoms with Crippen LogP contribution in [-0.4, -0.2) is 35.7 Å². The number of ether oxygens (including phenoxy) is 3. The van der Waals surface area contributed by atoms with Gasteiger partial charge in [0.05, 0.1) is 31.9 Å². The van der Waals surface area contributed by atoms with Crippen molar-refractivity contribution in [1.82, 2.24) is 0 Å². The third-order valence-electron chi connectivity index (χ3n) is 4.99. The molecule has 0 atom stereocenters. The van der Waals surface area contributed by atoms with Gasteiger partial charge in [-0.2, -0.15) is 0 Å². The summed E-state index contributed by atoms with van der Waals surface area (Å²) in [7, 11) is 0.617. The van der Waals surface area contributed by atoms with Crippen LogP contribution in [0.2, 0.25) is 0 Å². The van der Waals surface area contributed by atoms with Crippen LogP contribution >= 0.6 is 0 Å². The van der Waals surface area contributed by atoms with Gasteiger partial charge in [-0.3, -0.25) is 9.52 Å². The maximum Gasteiger partial charge on any atom is 0.261 e. The molecular weight excluding hydrogens is 444 g/mol. The van der Waals surface area contributed by atoms with Gasteiger partial charge in [0.25, 0.3) is 15.9 Å². The number of carbonyl (C=O) groups is 1. The molecule has 0 fully saturated rings. The lowest BCUT2D eigenvalue weighted by Crippen LogP contribution is -2.15. The second-order valence-corrected chi connectivity index (χ2v) is 9.00. The van der Waals surface area contributed by atoms with Gasteiger partial charge in [-0.15, -0.1) is 0 Å². The van der Waals surface area contributed by atoms with Gasteiger partial charge in [0.15, 0.2) is 11.5 Å². The van der Waals surface area contributed by atoms with Crippen LogP contribution in [0.4, 0.5) is 11.4 Å². The van der Waals surface area contributed by atoms with Crippen molar-refractivity contribution >= 4 is 27.3 Å². The molecule has 0 bridgehead atoms. The Hall–Kier alpha value is -3.72.